The van der Waals surface area contributed by atoms with Crippen LogP contribution in [0.4, 0.5) is 5.69 Å². The third-order valence-electron chi connectivity index (χ3n) is 2.87. The summed E-state index contributed by atoms with van der Waals surface area (Å²) in [6.45, 7) is 0. The van der Waals surface area contributed by atoms with Crippen molar-refractivity contribution < 1.29 is 0 Å². The molecule has 1 aliphatic carbocycles. The predicted molar refractivity (Wildman–Crippen MR) is 63.9 cm³/mol. The highest BCUT2D eigenvalue weighted by molar-refractivity contribution is 5.97. The number of nitrogens with one attached hydrogen (secondary N) is 2. The molecule has 0 unspecified atom stereocenters. The van der Waals surface area contributed by atoms with Gasteiger partial charge in [-0.2, -0.15) is 0 Å². The van der Waals surface area contributed by atoms with Gasteiger partial charge in [-0.15, -0.1) is 0 Å². The summed E-state index contributed by atoms with van der Waals surface area (Å²) in [6, 6.07) is 9.41. The number of anilines is 1. The van der Waals surface area contributed by atoms with Gasteiger partial charge in [-0.3, -0.25) is 0 Å². The van der Waals surface area contributed by atoms with Crippen molar-refractivity contribution in [1.82, 2.24) is 4.98 Å². The number of nitrogen functional groups attached to an aromatic ring is 1. The van der Waals surface area contributed by atoms with E-state index >= 15 is 0 Å². The van der Waals surface area contributed by atoms with Crippen LogP contribution < -0.4 is 11.1 Å². The average Bonchev–Trinajstić information content (AvgIpc) is 2.47. The minimum Gasteiger partial charge on any atom is -0.398 e. The minimum absolute atomic E-state index is 0.519. The Hall–Kier alpha value is -2.29. The molecule has 0 atom stereocenters. The van der Waals surface area contributed by atoms with Crippen LogP contribution in [0.5, 0.6) is 0 Å². The Morgan fingerprint density at radius 1 is 0.938 bits per heavy atom. The van der Waals surface area contributed by atoms with Crippen LogP contribution in [-0.4, -0.2) is 4.98 Å². The Labute approximate surface area is 91.7 Å². The van der Waals surface area contributed by atoms with Gasteiger partial charge in [0.05, 0.1) is 5.36 Å². The quantitative estimate of drug-likeness (QED) is 0.520. The molecular weight excluding hydrogens is 198 g/mol. The molecule has 1 aromatic rings. The van der Waals surface area contributed by atoms with Gasteiger partial charge in [-0.25, -0.2) is 0 Å². The molecule has 0 fully saturated rings. The first-order valence-electron chi connectivity index (χ1n) is 5.10. The summed E-state index contributed by atoms with van der Waals surface area (Å²) in [6.07, 6.45) is 3.74. The fourth-order valence-electron chi connectivity index (χ4n) is 2.14. The van der Waals surface area contributed by atoms with E-state index in [-0.39, 0.29) is 0 Å². The van der Waals surface area contributed by atoms with Gasteiger partial charge in [0.15, 0.2) is 0 Å². The Kier molecular flexibility index (Phi) is 1.74. The SMILES string of the molecule is N=c1cccc(N)c2c3cc[nH]ccc=3c12. The van der Waals surface area contributed by atoms with Crippen LogP contribution in [0.1, 0.15) is 0 Å². The molecule has 0 aromatic heterocycles. The van der Waals surface area contributed by atoms with Crippen LogP contribution in [0.2, 0.25) is 0 Å². The molecule has 16 heavy (non-hydrogen) atoms. The molecule has 3 nitrogen and oxygen atoms in total. The second-order valence-electron chi connectivity index (χ2n) is 3.81. The van der Waals surface area contributed by atoms with Crippen molar-refractivity contribution in [3.63, 3.8) is 0 Å². The summed E-state index contributed by atoms with van der Waals surface area (Å²) in [5.41, 5.74) is 6.71. The number of rotatable bonds is 0. The van der Waals surface area contributed by atoms with Crippen LogP contribution in [-0.2, 0) is 0 Å². The lowest BCUT2D eigenvalue weighted by Gasteiger charge is -2.04. The molecule has 1 aliphatic heterocycles. The van der Waals surface area contributed by atoms with E-state index in [1.807, 2.05) is 36.7 Å². The molecule has 0 radical (unpaired) electrons. The fourth-order valence-corrected chi connectivity index (χ4v) is 2.14. The lowest BCUT2D eigenvalue weighted by Crippen LogP contribution is -2.01. The van der Waals surface area contributed by atoms with E-state index in [1.165, 1.54) is 0 Å². The van der Waals surface area contributed by atoms with Crippen molar-refractivity contribution in [3.8, 4) is 0 Å². The van der Waals surface area contributed by atoms with Crippen LogP contribution in [0.3, 0.4) is 0 Å². The molecule has 1 heterocycles. The van der Waals surface area contributed by atoms with Crippen molar-refractivity contribution in [2.24, 2.45) is 0 Å². The zero-order valence-corrected chi connectivity index (χ0v) is 8.62. The lowest BCUT2D eigenvalue weighted by molar-refractivity contribution is 1.30. The van der Waals surface area contributed by atoms with Gasteiger partial charge in [-0.05, 0) is 34.7 Å². The Morgan fingerprint density at radius 2 is 1.62 bits per heavy atom. The normalized spacial score (nSPS) is 11.0. The smallest absolute Gasteiger partial charge is 0.0625 e. The molecule has 3 rings (SSSR count). The van der Waals surface area contributed by atoms with E-state index in [0.717, 1.165) is 26.9 Å². The van der Waals surface area contributed by atoms with Gasteiger partial charge >= 0.3 is 0 Å². The van der Waals surface area contributed by atoms with Crippen molar-refractivity contribution in [2.75, 3.05) is 5.73 Å². The van der Waals surface area contributed by atoms with Gasteiger partial charge in [0.25, 0.3) is 0 Å². The molecule has 0 bridgehead atoms. The van der Waals surface area contributed by atoms with Crippen LogP contribution in [0.25, 0.3) is 10.8 Å². The summed E-state index contributed by atoms with van der Waals surface area (Å²) in [5, 5.41) is 12.6. The van der Waals surface area contributed by atoms with Gasteiger partial charge in [0, 0.05) is 28.9 Å². The third-order valence-corrected chi connectivity index (χ3v) is 2.87. The molecular formula is C13H11N3. The largest absolute Gasteiger partial charge is 0.398 e. The lowest BCUT2D eigenvalue weighted by atomic mass is 10.0. The fraction of sp³-hybridized carbons (Fsp3) is 0. The monoisotopic (exact) mass is 209 g/mol. The van der Waals surface area contributed by atoms with Gasteiger partial charge in [0.2, 0.25) is 0 Å². The molecule has 2 aliphatic rings. The highest BCUT2D eigenvalue weighted by Crippen LogP contribution is 2.24. The molecule has 4 N–H and O–H groups in total. The van der Waals surface area contributed by atoms with Crippen molar-refractivity contribution in [1.29, 1.82) is 5.41 Å². The number of nitrogens with two attached hydrogens (primary N) is 1. The summed E-state index contributed by atoms with van der Waals surface area (Å²) < 4.78 is 0. The van der Waals surface area contributed by atoms with E-state index in [0.29, 0.717) is 5.36 Å². The maximum absolute atomic E-state index is 7.95. The second-order valence-corrected chi connectivity index (χ2v) is 3.81. The van der Waals surface area contributed by atoms with Crippen molar-refractivity contribution in [2.45, 2.75) is 0 Å². The van der Waals surface area contributed by atoms with E-state index in [9.17, 15) is 0 Å². The zero-order chi connectivity index (χ0) is 11.1. The number of aromatic amines is 1. The summed E-state index contributed by atoms with van der Waals surface area (Å²) >= 11 is 0. The zero-order valence-electron chi connectivity index (χ0n) is 8.62. The summed E-state index contributed by atoms with van der Waals surface area (Å²) in [5.74, 6) is 0. The molecule has 0 spiro atoms. The molecule has 78 valence electrons. The molecule has 3 heteroatoms. The molecule has 1 aromatic carbocycles. The Bertz CT molecular complexity index is 786. The topological polar surface area (TPSA) is 65.7 Å². The van der Waals surface area contributed by atoms with E-state index in [1.54, 1.807) is 6.07 Å². The third kappa shape index (κ3) is 1.05. The number of fused-ring (bicyclic) bond motifs is 3. The highest BCUT2D eigenvalue weighted by Gasteiger charge is 2.07. The first kappa shape index (κ1) is 8.97. The highest BCUT2D eigenvalue weighted by atomic mass is 14.6. The van der Waals surface area contributed by atoms with E-state index < -0.39 is 0 Å². The summed E-state index contributed by atoms with van der Waals surface area (Å²) in [7, 11) is 0. The molecule has 0 saturated carbocycles. The molecule has 0 saturated heterocycles. The van der Waals surface area contributed by atoms with E-state index in [2.05, 4.69) is 4.98 Å². The van der Waals surface area contributed by atoms with Crippen LogP contribution in [0.15, 0.2) is 42.7 Å². The minimum atomic E-state index is 0.519. The Balaban J connectivity index is 2.75. The maximum Gasteiger partial charge on any atom is 0.0625 e. The maximum atomic E-state index is 7.95. The summed E-state index contributed by atoms with van der Waals surface area (Å²) in [4.78, 5) is 3.02. The number of hydrogen-bond acceptors (Lipinski definition) is 2. The van der Waals surface area contributed by atoms with E-state index in [4.69, 9.17) is 11.1 Å². The first-order chi connectivity index (χ1) is 7.79. The van der Waals surface area contributed by atoms with Gasteiger partial charge < -0.3 is 16.1 Å². The predicted octanol–water partition coefficient (Wildman–Crippen LogP) is 1.95. The first-order valence-corrected chi connectivity index (χ1v) is 5.10. The number of hydrogen-bond donors (Lipinski definition) is 3. The second kappa shape index (κ2) is 3.10. The standard InChI is InChI=1S/C13H11N3/c14-10-2-1-3-11(15)13-9-5-7-16-6-4-8(9)12(10)13/h1-7,14,16H,15H2. The van der Waals surface area contributed by atoms with Crippen LogP contribution in [0, 0.1) is 15.8 Å². The van der Waals surface area contributed by atoms with Gasteiger partial charge in [-0.1, -0.05) is 6.07 Å². The number of H-pyrrole nitrogens is 1. The van der Waals surface area contributed by atoms with Crippen LogP contribution >= 0.6 is 0 Å². The van der Waals surface area contributed by atoms with Crippen molar-refractivity contribution in [3.05, 3.63) is 58.5 Å². The number of aromatic nitrogens is 1. The van der Waals surface area contributed by atoms with Gasteiger partial charge in [0.1, 0.15) is 0 Å². The Morgan fingerprint density at radius 3 is 2.38 bits per heavy atom. The van der Waals surface area contributed by atoms with Crippen molar-refractivity contribution >= 4 is 16.5 Å². The molecule has 0 amide bonds. The average molecular weight is 209 g/mol.